The van der Waals surface area contributed by atoms with E-state index in [0.29, 0.717) is 31.0 Å². The van der Waals surface area contributed by atoms with E-state index in [1.54, 1.807) is 22.5 Å². The Morgan fingerprint density at radius 1 is 1.45 bits per heavy atom. The molecular formula is C16H18N2O3S. The van der Waals surface area contributed by atoms with Gasteiger partial charge in [-0.05, 0) is 18.6 Å². The molecule has 22 heavy (non-hydrogen) atoms. The fourth-order valence-electron chi connectivity index (χ4n) is 2.57. The van der Waals surface area contributed by atoms with Gasteiger partial charge in [-0.25, -0.2) is 4.98 Å². The highest BCUT2D eigenvalue weighted by molar-refractivity contribution is 7.07. The third-order valence-corrected chi connectivity index (χ3v) is 4.44. The highest BCUT2D eigenvalue weighted by Gasteiger charge is 2.27. The van der Waals surface area contributed by atoms with Gasteiger partial charge >= 0.3 is 0 Å². The number of para-hydroxylation sites is 1. The van der Waals surface area contributed by atoms with Crippen LogP contribution in [-0.2, 0) is 6.61 Å². The molecule has 116 valence electrons. The van der Waals surface area contributed by atoms with Crippen molar-refractivity contribution < 1.29 is 14.6 Å². The normalized spacial score (nSPS) is 17.7. The van der Waals surface area contributed by atoms with E-state index in [4.69, 9.17) is 4.74 Å². The lowest BCUT2D eigenvalue weighted by Crippen LogP contribution is -2.29. The third-order valence-electron chi connectivity index (χ3n) is 3.81. The van der Waals surface area contributed by atoms with Gasteiger partial charge in [0.05, 0.1) is 16.8 Å². The molecule has 1 fully saturated rings. The van der Waals surface area contributed by atoms with Crippen LogP contribution in [0, 0.1) is 5.92 Å². The van der Waals surface area contributed by atoms with Crippen LogP contribution in [0.1, 0.15) is 22.5 Å². The minimum Gasteiger partial charge on any atom is -0.486 e. The summed E-state index contributed by atoms with van der Waals surface area (Å²) in [6.45, 7) is 1.78. The van der Waals surface area contributed by atoms with Crippen molar-refractivity contribution in [1.82, 2.24) is 9.88 Å². The predicted octanol–water partition coefficient (Wildman–Crippen LogP) is 2.18. The molecule has 0 saturated carbocycles. The molecule has 2 heterocycles. The molecule has 3 rings (SSSR count). The molecule has 1 aliphatic heterocycles. The molecule has 0 bridgehead atoms. The van der Waals surface area contributed by atoms with Crippen molar-refractivity contribution in [2.45, 2.75) is 13.0 Å². The van der Waals surface area contributed by atoms with Crippen molar-refractivity contribution in [2.24, 2.45) is 5.92 Å². The zero-order valence-electron chi connectivity index (χ0n) is 12.1. The summed E-state index contributed by atoms with van der Waals surface area (Å²) in [4.78, 5) is 18.6. The molecule has 0 spiro atoms. The van der Waals surface area contributed by atoms with Crippen LogP contribution in [0.2, 0.25) is 0 Å². The zero-order valence-corrected chi connectivity index (χ0v) is 13.0. The third kappa shape index (κ3) is 3.28. The first-order valence-electron chi connectivity index (χ1n) is 7.27. The van der Waals surface area contributed by atoms with Gasteiger partial charge in [-0.1, -0.05) is 12.1 Å². The Morgan fingerprint density at radius 3 is 3.05 bits per heavy atom. The molecule has 6 heteroatoms. The monoisotopic (exact) mass is 318 g/mol. The van der Waals surface area contributed by atoms with Crippen molar-refractivity contribution in [1.29, 1.82) is 0 Å². The van der Waals surface area contributed by atoms with Crippen LogP contribution < -0.4 is 4.74 Å². The molecule has 1 unspecified atom stereocenters. The Kier molecular flexibility index (Phi) is 4.70. The Balaban J connectivity index is 1.71. The first-order valence-corrected chi connectivity index (χ1v) is 8.21. The van der Waals surface area contributed by atoms with Crippen molar-refractivity contribution in [3.05, 3.63) is 46.4 Å². The molecule has 1 N–H and O–H groups in total. The van der Waals surface area contributed by atoms with E-state index < -0.39 is 0 Å². The van der Waals surface area contributed by atoms with Gasteiger partial charge in [-0.3, -0.25) is 4.79 Å². The van der Waals surface area contributed by atoms with Gasteiger partial charge in [0.25, 0.3) is 5.91 Å². The molecule has 0 radical (unpaired) electrons. The number of thiazole rings is 1. The second-order valence-electron chi connectivity index (χ2n) is 5.35. The first-order chi connectivity index (χ1) is 10.8. The minimum atomic E-state index is -0.0372. The van der Waals surface area contributed by atoms with E-state index in [1.165, 1.54) is 11.3 Å². The number of benzene rings is 1. The largest absolute Gasteiger partial charge is 0.486 e. The Bertz CT molecular complexity index is 630. The van der Waals surface area contributed by atoms with Crippen molar-refractivity contribution in [3.63, 3.8) is 0 Å². The molecule has 1 aliphatic rings. The number of carbonyl (C=O) groups excluding carboxylic acids is 1. The maximum Gasteiger partial charge on any atom is 0.257 e. The minimum absolute atomic E-state index is 0.0372. The number of aromatic nitrogens is 1. The molecule has 1 amide bonds. The summed E-state index contributed by atoms with van der Waals surface area (Å²) in [6.07, 6.45) is 0.851. The fraction of sp³-hybridized carbons (Fsp3) is 0.375. The number of rotatable bonds is 5. The highest BCUT2D eigenvalue weighted by atomic mass is 32.1. The summed E-state index contributed by atoms with van der Waals surface area (Å²) < 4.78 is 5.76. The van der Waals surface area contributed by atoms with Crippen LogP contribution in [0.3, 0.4) is 0 Å². The van der Waals surface area contributed by atoms with E-state index in [2.05, 4.69) is 4.98 Å². The summed E-state index contributed by atoms with van der Waals surface area (Å²) >= 11 is 1.52. The van der Waals surface area contributed by atoms with Gasteiger partial charge in [0.15, 0.2) is 0 Å². The number of aliphatic hydroxyl groups excluding tert-OH is 1. The maximum atomic E-state index is 12.6. The zero-order chi connectivity index (χ0) is 15.4. The summed E-state index contributed by atoms with van der Waals surface area (Å²) in [7, 11) is 0. The number of carbonyl (C=O) groups is 1. The van der Waals surface area contributed by atoms with Crippen molar-refractivity contribution in [2.75, 3.05) is 19.7 Å². The van der Waals surface area contributed by atoms with Gasteiger partial charge in [0.2, 0.25) is 0 Å². The lowest BCUT2D eigenvalue weighted by molar-refractivity contribution is 0.0777. The number of likely N-dealkylation sites (tertiary alicyclic amines) is 1. The van der Waals surface area contributed by atoms with Crippen LogP contribution in [0.15, 0.2) is 35.2 Å². The SMILES string of the molecule is O=C(c1ccccc1OCc1cscn1)N1CCC(CO)C1. The Labute approximate surface area is 133 Å². The Morgan fingerprint density at radius 2 is 2.32 bits per heavy atom. The van der Waals surface area contributed by atoms with Crippen LogP contribution in [0.25, 0.3) is 0 Å². The molecule has 5 nitrogen and oxygen atoms in total. The van der Waals surface area contributed by atoms with Gasteiger partial charge in [-0.2, -0.15) is 0 Å². The van der Waals surface area contributed by atoms with Crippen LogP contribution in [0.4, 0.5) is 0 Å². The van der Waals surface area contributed by atoms with Crippen LogP contribution in [0.5, 0.6) is 5.75 Å². The second kappa shape index (κ2) is 6.89. The highest BCUT2D eigenvalue weighted by Crippen LogP contribution is 2.24. The van der Waals surface area contributed by atoms with Crippen molar-refractivity contribution in [3.8, 4) is 5.75 Å². The average Bonchev–Trinajstić information content (AvgIpc) is 3.24. The van der Waals surface area contributed by atoms with Gasteiger partial charge in [-0.15, -0.1) is 11.3 Å². The van der Waals surface area contributed by atoms with Crippen LogP contribution >= 0.6 is 11.3 Å². The number of ether oxygens (including phenoxy) is 1. The lowest BCUT2D eigenvalue weighted by atomic mass is 10.1. The first kappa shape index (κ1) is 15.0. The van der Waals surface area contributed by atoms with Gasteiger partial charge in [0, 0.05) is 31.0 Å². The van der Waals surface area contributed by atoms with Crippen molar-refractivity contribution >= 4 is 17.2 Å². The summed E-state index contributed by atoms with van der Waals surface area (Å²) in [5.41, 5.74) is 3.18. The molecule has 1 aromatic carbocycles. The number of nitrogens with zero attached hydrogens (tertiary/aromatic N) is 2. The second-order valence-corrected chi connectivity index (χ2v) is 6.07. The molecular weight excluding hydrogens is 300 g/mol. The lowest BCUT2D eigenvalue weighted by Gasteiger charge is -2.18. The molecule has 2 aromatic rings. The smallest absolute Gasteiger partial charge is 0.257 e. The standard InChI is InChI=1S/C16H18N2O3S/c19-8-12-5-6-18(7-12)16(20)14-3-1-2-4-15(14)21-9-13-10-22-11-17-13/h1-4,10-12,19H,5-9H2. The molecule has 1 aromatic heterocycles. The number of amides is 1. The topological polar surface area (TPSA) is 62.7 Å². The average molecular weight is 318 g/mol. The van der Waals surface area contributed by atoms with Crippen LogP contribution in [-0.4, -0.2) is 40.6 Å². The van der Waals surface area contributed by atoms with Gasteiger partial charge in [0.1, 0.15) is 12.4 Å². The van der Waals surface area contributed by atoms with E-state index >= 15 is 0 Å². The van der Waals surface area contributed by atoms with E-state index in [0.717, 1.165) is 12.1 Å². The molecule has 1 saturated heterocycles. The van der Waals surface area contributed by atoms with E-state index in [1.807, 2.05) is 17.5 Å². The molecule has 0 aliphatic carbocycles. The Hall–Kier alpha value is -1.92. The number of hydrogen-bond donors (Lipinski definition) is 1. The molecule has 1 atom stereocenters. The summed E-state index contributed by atoms with van der Waals surface area (Å²) in [6, 6.07) is 7.28. The maximum absolute atomic E-state index is 12.6. The summed E-state index contributed by atoms with van der Waals surface area (Å²) in [5.74, 6) is 0.727. The van der Waals surface area contributed by atoms with E-state index in [9.17, 15) is 9.90 Å². The van der Waals surface area contributed by atoms with E-state index in [-0.39, 0.29) is 18.4 Å². The fourth-order valence-corrected chi connectivity index (χ4v) is 3.11. The number of aliphatic hydroxyl groups is 1. The number of hydrogen-bond acceptors (Lipinski definition) is 5. The summed E-state index contributed by atoms with van der Waals surface area (Å²) in [5, 5.41) is 11.1. The predicted molar refractivity (Wildman–Crippen MR) is 84.0 cm³/mol. The van der Waals surface area contributed by atoms with Gasteiger partial charge < -0.3 is 14.7 Å². The quantitative estimate of drug-likeness (QED) is 0.918.